The highest BCUT2D eigenvalue weighted by Crippen LogP contribution is 2.23. The third-order valence-corrected chi connectivity index (χ3v) is 6.02. The molecule has 208 valence electrons. The molecular formula is C30H35F2N3O4. The zero-order valence-electron chi connectivity index (χ0n) is 23.1. The Kier molecular flexibility index (Phi) is 8.75. The zero-order valence-corrected chi connectivity index (χ0v) is 23.1. The number of carbonyl (C=O) groups excluding carboxylic acids is 2. The van der Waals surface area contributed by atoms with E-state index in [1.165, 1.54) is 12.1 Å². The molecule has 0 bridgehead atoms. The summed E-state index contributed by atoms with van der Waals surface area (Å²) in [6.45, 7) is 11.9. The first-order valence-corrected chi connectivity index (χ1v) is 12.7. The molecule has 39 heavy (non-hydrogen) atoms. The molecular weight excluding hydrogens is 504 g/mol. The fourth-order valence-electron chi connectivity index (χ4n) is 4.11. The fraction of sp³-hybridized carbons (Fsp3) is 0.367. The highest BCUT2D eigenvalue weighted by molar-refractivity contribution is 6.11. The van der Waals surface area contributed by atoms with Gasteiger partial charge in [0.25, 0.3) is 5.56 Å². The van der Waals surface area contributed by atoms with Crippen LogP contribution in [0.3, 0.4) is 0 Å². The van der Waals surface area contributed by atoms with Gasteiger partial charge < -0.3 is 15.8 Å². The number of nitrogens with two attached hydrogens (primary N) is 1. The van der Waals surface area contributed by atoms with E-state index in [-0.39, 0.29) is 28.3 Å². The third kappa shape index (κ3) is 7.38. The minimum absolute atomic E-state index is 0.0799. The fourth-order valence-corrected chi connectivity index (χ4v) is 4.11. The average molecular weight is 540 g/mol. The maximum atomic E-state index is 14.2. The van der Waals surface area contributed by atoms with Crippen molar-refractivity contribution < 1.29 is 23.1 Å². The number of ether oxygens (including phenoxy) is 1. The lowest BCUT2D eigenvalue weighted by atomic mass is 9.86. The Balaban J connectivity index is 1.78. The number of benzene rings is 2. The lowest BCUT2D eigenvalue weighted by Gasteiger charge is -2.32. The van der Waals surface area contributed by atoms with Gasteiger partial charge in [0.2, 0.25) is 0 Å². The van der Waals surface area contributed by atoms with Crippen molar-refractivity contribution in [3.8, 4) is 5.69 Å². The number of aromatic nitrogens is 1. The van der Waals surface area contributed by atoms with Gasteiger partial charge >= 0.3 is 5.97 Å². The molecule has 1 atom stereocenters. The van der Waals surface area contributed by atoms with Crippen LogP contribution >= 0.6 is 0 Å². The maximum Gasteiger partial charge on any atom is 0.324 e. The van der Waals surface area contributed by atoms with Crippen molar-refractivity contribution in [2.45, 2.75) is 59.6 Å². The van der Waals surface area contributed by atoms with Crippen LogP contribution in [0.1, 0.15) is 63.0 Å². The first-order valence-electron chi connectivity index (χ1n) is 12.7. The summed E-state index contributed by atoms with van der Waals surface area (Å²) in [5.41, 5.74) is 5.70. The minimum atomic E-state index is -1.02. The monoisotopic (exact) mass is 539 g/mol. The summed E-state index contributed by atoms with van der Waals surface area (Å²) in [6.07, 6.45) is 0.600. The van der Waals surface area contributed by atoms with Crippen LogP contribution in [0.15, 0.2) is 59.4 Å². The van der Waals surface area contributed by atoms with Gasteiger partial charge in [-0.25, -0.2) is 8.78 Å². The molecule has 1 heterocycles. The second-order valence-corrected chi connectivity index (χ2v) is 11.5. The molecule has 3 N–H and O–H groups in total. The number of carbonyl (C=O) groups is 2. The molecule has 3 aromatic rings. The van der Waals surface area contributed by atoms with E-state index in [0.29, 0.717) is 24.7 Å². The molecule has 9 heteroatoms. The Bertz CT molecular complexity index is 1420. The van der Waals surface area contributed by atoms with Gasteiger partial charge in [-0.05, 0) is 75.0 Å². The normalized spacial score (nSPS) is 12.7. The van der Waals surface area contributed by atoms with Crippen LogP contribution in [-0.2, 0) is 16.0 Å². The first-order chi connectivity index (χ1) is 18.1. The molecule has 0 radical (unpaired) electrons. The first kappa shape index (κ1) is 29.7. The predicted octanol–water partition coefficient (Wildman–Crippen LogP) is 4.82. The molecule has 0 spiro atoms. The van der Waals surface area contributed by atoms with Crippen LogP contribution in [0.25, 0.3) is 5.69 Å². The number of pyridine rings is 1. The number of hydrogen-bond donors (Lipinski definition) is 2. The Morgan fingerprint density at radius 2 is 1.56 bits per heavy atom. The molecule has 0 saturated carbocycles. The molecule has 0 unspecified atom stereocenters. The van der Waals surface area contributed by atoms with Crippen LogP contribution in [0.5, 0.6) is 0 Å². The van der Waals surface area contributed by atoms with Gasteiger partial charge in [-0.1, -0.05) is 32.9 Å². The minimum Gasteiger partial charge on any atom is -0.459 e. The Morgan fingerprint density at radius 1 is 0.949 bits per heavy atom. The number of nitrogen functional groups attached to an aromatic ring is 1. The van der Waals surface area contributed by atoms with Gasteiger partial charge in [-0.2, -0.15) is 0 Å². The zero-order chi connectivity index (χ0) is 29.1. The summed E-state index contributed by atoms with van der Waals surface area (Å²) in [5, 5.41) is 3.30. The SMILES string of the molecule is CC(C)(C)OC(=O)[C@@H](NCCc1ccc(-n2c(N)c(C(=O)c3ccc(F)cc3F)ccc2=O)cc1)C(C)(C)C. The van der Waals surface area contributed by atoms with Gasteiger partial charge in [0.1, 0.15) is 29.1 Å². The van der Waals surface area contributed by atoms with Crippen molar-refractivity contribution in [3.63, 3.8) is 0 Å². The smallest absolute Gasteiger partial charge is 0.324 e. The van der Waals surface area contributed by atoms with Gasteiger partial charge in [0.15, 0.2) is 5.78 Å². The quantitative estimate of drug-likeness (QED) is 0.314. The molecule has 0 amide bonds. The number of nitrogens with one attached hydrogen (secondary N) is 1. The molecule has 3 rings (SSSR count). The second kappa shape index (κ2) is 11.5. The van der Waals surface area contributed by atoms with E-state index in [9.17, 15) is 23.2 Å². The van der Waals surface area contributed by atoms with Crippen LogP contribution in [0.2, 0.25) is 0 Å². The van der Waals surface area contributed by atoms with E-state index in [1.54, 1.807) is 12.1 Å². The molecule has 1 aromatic heterocycles. The van der Waals surface area contributed by atoms with Gasteiger partial charge in [-0.15, -0.1) is 0 Å². The Hall–Kier alpha value is -3.85. The van der Waals surface area contributed by atoms with Gasteiger partial charge in [-0.3, -0.25) is 19.0 Å². The van der Waals surface area contributed by atoms with Crippen molar-refractivity contribution in [2.75, 3.05) is 12.3 Å². The van der Waals surface area contributed by atoms with Crippen LogP contribution in [0, 0.1) is 17.0 Å². The highest BCUT2D eigenvalue weighted by Gasteiger charge is 2.34. The molecule has 0 aliphatic rings. The molecule has 0 saturated heterocycles. The van der Waals surface area contributed by atoms with Gasteiger partial charge in [0.05, 0.1) is 16.8 Å². The number of ketones is 1. The topological polar surface area (TPSA) is 103 Å². The van der Waals surface area contributed by atoms with Crippen molar-refractivity contribution in [1.29, 1.82) is 0 Å². The number of esters is 1. The van der Waals surface area contributed by atoms with E-state index >= 15 is 0 Å². The lowest BCUT2D eigenvalue weighted by Crippen LogP contribution is -2.49. The van der Waals surface area contributed by atoms with E-state index < -0.39 is 34.6 Å². The Morgan fingerprint density at radius 3 is 2.13 bits per heavy atom. The van der Waals surface area contributed by atoms with Crippen LogP contribution in [-0.4, -0.2) is 34.5 Å². The van der Waals surface area contributed by atoms with Crippen molar-refractivity contribution in [2.24, 2.45) is 5.41 Å². The van der Waals surface area contributed by atoms with Crippen molar-refractivity contribution in [3.05, 3.63) is 93.3 Å². The lowest BCUT2D eigenvalue weighted by molar-refractivity contribution is -0.160. The van der Waals surface area contributed by atoms with E-state index in [1.807, 2.05) is 53.7 Å². The largest absolute Gasteiger partial charge is 0.459 e. The summed E-state index contributed by atoms with van der Waals surface area (Å²) in [6, 6.07) is 11.6. The average Bonchev–Trinajstić information content (AvgIpc) is 2.80. The summed E-state index contributed by atoms with van der Waals surface area (Å²) in [4.78, 5) is 38.3. The summed E-state index contributed by atoms with van der Waals surface area (Å²) in [7, 11) is 0. The molecule has 0 aliphatic carbocycles. The number of anilines is 1. The van der Waals surface area contributed by atoms with E-state index in [4.69, 9.17) is 10.5 Å². The van der Waals surface area contributed by atoms with Gasteiger partial charge in [0, 0.05) is 12.1 Å². The molecule has 0 aliphatic heterocycles. The number of hydrogen-bond acceptors (Lipinski definition) is 6. The molecule has 0 fully saturated rings. The molecule has 2 aromatic carbocycles. The van der Waals surface area contributed by atoms with Crippen molar-refractivity contribution >= 4 is 17.6 Å². The van der Waals surface area contributed by atoms with Crippen LogP contribution in [0.4, 0.5) is 14.6 Å². The standard InChI is InChI=1S/C30H35F2N3O4/c1-29(2,3)26(28(38)39-30(4,5)6)34-16-15-18-7-10-20(11-8-18)35-24(36)14-13-22(27(35)33)25(37)21-12-9-19(31)17-23(21)32/h7-14,17,26,34H,15-16,33H2,1-6H3/t26-/m1/s1. The summed E-state index contributed by atoms with van der Waals surface area (Å²) in [5.74, 6) is -3.06. The number of rotatable bonds is 8. The van der Waals surface area contributed by atoms with E-state index in [0.717, 1.165) is 22.3 Å². The summed E-state index contributed by atoms with van der Waals surface area (Å²) >= 11 is 0. The predicted molar refractivity (Wildman–Crippen MR) is 147 cm³/mol. The van der Waals surface area contributed by atoms with Crippen LogP contribution < -0.4 is 16.6 Å². The number of halogens is 2. The molecule has 7 nitrogen and oxygen atoms in total. The number of nitrogens with zero attached hydrogens (tertiary/aromatic N) is 1. The van der Waals surface area contributed by atoms with E-state index in [2.05, 4.69) is 5.32 Å². The second-order valence-electron chi connectivity index (χ2n) is 11.5. The third-order valence-electron chi connectivity index (χ3n) is 6.02. The maximum absolute atomic E-state index is 14.2. The highest BCUT2D eigenvalue weighted by atomic mass is 19.1. The van der Waals surface area contributed by atoms with Crippen molar-refractivity contribution in [1.82, 2.24) is 9.88 Å². The summed E-state index contributed by atoms with van der Waals surface area (Å²) < 4.78 is 34.2. The Labute approximate surface area is 227 Å².